The fourth-order valence-electron chi connectivity index (χ4n) is 3.77. The molecule has 0 saturated carbocycles. The number of rotatable bonds is 4. The SMILES string of the molecule is Cc1noc2nc(-c3ccccc3C(F)(F)F)cc(C(=O)Nc3ccc(F)c(-n4nnnc4C)c3)c12. The first-order valence-electron chi connectivity index (χ1n) is 10.4. The largest absolute Gasteiger partial charge is 0.417 e. The molecule has 0 aliphatic rings. The van der Waals surface area contributed by atoms with E-state index in [-0.39, 0.29) is 39.3 Å². The van der Waals surface area contributed by atoms with E-state index in [9.17, 15) is 22.4 Å². The average Bonchev–Trinajstić information content (AvgIpc) is 3.44. The van der Waals surface area contributed by atoms with Crippen LogP contribution in [0.4, 0.5) is 23.2 Å². The van der Waals surface area contributed by atoms with E-state index in [1.54, 1.807) is 13.8 Å². The molecule has 0 fully saturated rings. The van der Waals surface area contributed by atoms with E-state index in [0.717, 1.165) is 16.8 Å². The molecule has 0 radical (unpaired) electrons. The Morgan fingerprint density at radius 3 is 2.58 bits per heavy atom. The number of anilines is 1. The molecule has 36 heavy (non-hydrogen) atoms. The summed E-state index contributed by atoms with van der Waals surface area (Å²) in [7, 11) is 0. The van der Waals surface area contributed by atoms with E-state index in [2.05, 4.69) is 31.0 Å². The van der Waals surface area contributed by atoms with Crippen LogP contribution < -0.4 is 5.32 Å². The molecule has 13 heteroatoms. The van der Waals surface area contributed by atoms with Crippen molar-refractivity contribution >= 4 is 22.7 Å². The van der Waals surface area contributed by atoms with Crippen molar-refractivity contribution in [2.75, 3.05) is 5.32 Å². The molecule has 0 aliphatic heterocycles. The van der Waals surface area contributed by atoms with Gasteiger partial charge in [0.1, 0.15) is 11.5 Å². The Labute approximate surface area is 199 Å². The highest BCUT2D eigenvalue weighted by atomic mass is 19.4. The minimum absolute atomic E-state index is 0.00359. The van der Waals surface area contributed by atoms with Crippen LogP contribution in [0.1, 0.15) is 27.4 Å². The normalized spacial score (nSPS) is 11.7. The second-order valence-electron chi connectivity index (χ2n) is 7.80. The van der Waals surface area contributed by atoms with Gasteiger partial charge >= 0.3 is 6.18 Å². The van der Waals surface area contributed by atoms with Gasteiger partial charge in [0.25, 0.3) is 11.6 Å². The molecule has 0 atom stereocenters. The number of nitrogens with zero attached hydrogens (tertiary/aromatic N) is 6. The zero-order valence-corrected chi connectivity index (χ0v) is 18.6. The van der Waals surface area contributed by atoms with E-state index in [0.29, 0.717) is 11.5 Å². The lowest BCUT2D eigenvalue weighted by Gasteiger charge is -2.13. The van der Waals surface area contributed by atoms with Gasteiger partial charge in [-0.1, -0.05) is 23.4 Å². The zero-order valence-electron chi connectivity index (χ0n) is 18.6. The lowest BCUT2D eigenvalue weighted by molar-refractivity contribution is -0.137. The molecule has 5 rings (SSSR count). The van der Waals surface area contributed by atoms with Crippen LogP contribution in [0.25, 0.3) is 28.0 Å². The van der Waals surface area contributed by atoms with Crippen molar-refractivity contribution in [2.45, 2.75) is 20.0 Å². The molecule has 9 nitrogen and oxygen atoms in total. The molecule has 3 heterocycles. The number of halogens is 4. The van der Waals surface area contributed by atoms with Crippen LogP contribution in [-0.2, 0) is 6.18 Å². The standard InChI is InChI=1S/C23H15F4N7O2/c1-11-20-15(21(35)28-13-7-8-17(24)19(9-13)34-12(2)30-32-33-34)10-18(29-22(20)36-31-11)14-5-3-4-6-16(14)23(25,26)27/h3-10H,1-2H3,(H,28,35). The Bertz CT molecular complexity index is 1620. The number of pyridine rings is 1. The van der Waals surface area contributed by atoms with Gasteiger partial charge in [0.2, 0.25) is 0 Å². The minimum atomic E-state index is -4.65. The van der Waals surface area contributed by atoms with Gasteiger partial charge < -0.3 is 9.84 Å². The van der Waals surface area contributed by atoms with Crippen LogP contribution in [0.15, 0.2) is 53.1 Å². The number of aryl methyl sites for hydroxylation is 2. The van der Waals surface area contributed by atoms with Crippen molar-refractivity contribution in [3.8, 4) is 16.9 Å². The van der Waals surface area contributed by atoms with Crippen molar-refractivity contribution in [2.24, 2.45) is 0 Å². The Kier molecular flexibility index (Phi) is 5.46. The van der Waals surface area contributed by atoms with Crippen LogP contribution >= 0.6 is 0 Å². The maximum Gasteiger partial charge on any atom is 0.417 e. The average molecular weight is 497 g/mol. The van der Waals surface area contributed by atoms with Crippen LogP contribution in [-0.4, -0.2) is 36.3 Å². The number of fused-ring (bicyclic) bond motifs is 1. The smallest absolute Gasteiger partial charge is 0.335 e. The third kappa shape index (κ3) is 4.04. The van der Waals surface area contributed by atoms with Crippen molar-refractivity contribution in [3.63, 3.8) is 0 Å². The molecule has 0 spiro atoms. The molecule has 0 aliphatic carbocycles. The van der Waals surface area contributed by atoms with Gasteiger partial charge in [-0.05, 0) is 54.6 Å². The van der Waals surface area contributed by atoms with E-state index < -0.39 is 23.5 Å². The minimum Gasteiger partial charge on any atom is -0.335 e. The number of alkyl halides is 3. The monoisotopic (exact) mass is 497 g/mol. The van der Waals surface area contributed by atoms with Crippen LogP contribution in [0.2, 0.25) is 0 Å². The van der Waals surface area contributed by atoms with Crippen molar-refractivity contribution < 1.29 is 26.9 Å². The van der Waals surface area contributed by atoms with Gasteiger partial charge in [-0.25, -0.2) is 9.37 Å². The van der Waals surface area contributed by atoms with Crippen molar-refractivity contribution in [1.82, 2.24) is 30.3 Å². The summed E-state index contributed by atoms with van der Waals surface area (Å²) in [6.07, 6.45) is -4.65. The second-order valence-corrected chi connectivity index (χ2v) is 7.80. The summed E-state index contributed by atoms with van der Waals surface area (Å²) in [5, 5.41) is 17.6. The first-order chi connectivity index (χ1) is 17.1. The highest BCUT2D eigenvalue weighted by Crippen LogP contribution is 2.37. The molecule has 3 aromatic heterocycles. The van der Waals surface area contributed by atoms with Crippen LogP contribution in [0, 0.1) is 19.7 Å². The van der Waals surface area contributed by atoms with Gasteiger partial charge in [0.15, 0.2) is 5.82 Å². The molecule has 1 amide bonds. The Balaban J connectivity index is 1.59. The number of amides is 1. The van der Waals surface area contributed by atoms with Crippen LogP contribution in [0.5, 0.6) is 0 Å². The molecular formula is C23H15F4N7O2. The van der Waals surface area contributed by atoms with Crippen LogP contribution in [0.3, 0.4) is 0 Å². The highest BCUT2D eigenvalue weighted by Gasteiger charge is 2.34. The predicted octanol–water partition coefficient (Wildman–Crippen LogP) is 4.89. The summed E-state index contributed by atoms with van der Waals surface area (Å²) in [6, 6.07) is 9.89. The first kappa shape index (κ1) is 23.1. The third-order valence-corrected chi connectivity index (χ3v) is 5.43. The number of tetrazole rings is 1. The fourth-order valence-corrected chi connectivity index (χ4v) is 3.77. The molecule has 5 aromatic rings. The second kappa shape index (κ2) is 8.52. The predicted molar refractivity (Wildman–Crippen MR) is 119 cm³/mol. The number of hydrogen-bond donors (Lipinski definition) is 1. The Morgan fingerprint density at radius 2 is 1.86 bits per heavy atom. The zero-order chi connectivity index (χ0) is 25.6. The number of carbonyl (C=O) groups excluding carboxylic acids is 1. The summed E-state index contributed by atoms with van der Waals surface area (Å²) < 4.78 is 61.6. The molecule has 182 valence electrons. The van der Waals surface area contributed by atoms with Gasteiger partial charge in [-0.2, -0.15) is 17.9 Å². The highest BCUT2D eigenvalue weighted by molar-refractivity contribution is 6.13. The molecular weight excluding hydrogens is 482 g/mol. The molecule has 1 N–H and O–H groups in total. The number of benzene rings is 2. The molecule has 0 saturated heterocycles. The fraction of sp³-hybridized carbons (Fsp3) is 0.130. The Morgan fingerprint density at radius 1 is 1.08 bits per heavy atom. The number of nitrogens with one attached hydrogen (secondary N) is 1. The summed E-state index contributed by atoms with van der Waals surface area (Å²) in [5.74, 6) is -0.998. The molecule has 0 bridgehead atoms. The summed E-state index contributed by atoms with van der Waals surface area (Å²) >= 11 is 0. The number of carbonyl (C=O) groups is 1. The summed E-state index contributed by atoms with van der Waals surface area (Å²) in [5.41, 5.74) is -0.874. The lowest BCUT2D eigenvalue weighted by Crippen LogP contribution is -2.14. The van der Waals surface area contributed by atoms with Gasteiger partial charge in [0, 0.05) is 11.3 Å². The maximum atomic E-state index is 14.4. The van der Waals surface area contributed by atoms with Gasteiger partial charge in [-0.15, -0.1) is 5.10 Å². The van der Waals surface area contributed by atoms with Gasteiger partial charge in [0.05, 0.1) is 27.9 Å². The van der Waals surface area contributed by atoms with Crippen molar-refractivity contribution in [1.29, 1.82) is 0 Å². The van der Waals surface area contributed by atoms with E-state index in [1.807, 2.05) is 0 Å². The maximum absolute atomic E-state index is 14.4. The quantitative estimate of drug-likeness (QED) is 0.352. The lowest BCUT2D eigenvalue weighted by atomic mass is 10.0. The molecule has 2 aromatic carbocycles. The molecule has 0 unspecified atom stereocenters. The summed E-state index contributed by atoms with van der Waals surface area (Å²) in [4.78, 5) is 17.5. The Hall–Kier alpha value is -4.68. The first-order valence-corrected chi connectivity index (χ1v) is 10.4. The summed E-state index contributed by atoms with van der Waals surface area (Å²) in [6.45, 7) is 3.15. The van der Waals surface area contributed by atoms with Crippen molar-refractivity contribution in [3.05, 3.63) is 77.0 Å². The number of hydrogen-bond acceptors (Lipinski definition) is 7. The van der Waals surface area contributed by atoms with E-state index in [4.69, 9.17) is 4.52 Å². The third-order valence-electron chi connectivity index (χ3n) is 5.43. The topological polar surface area (TPSA) is 112 Å². The van der Waals surface area contributed by atoms with E-state index >= 15 is 0 Å². The van der Waals surface area contributed by atoms with Gasteiger partial charge in [-0.3, -0.25) is 4.79 Å². The number of aromatic nitrogens is 6. The van der Waals surface area contributed by atoms with E-state index in [1.165, 1.54) is 36.4 Å².